The molecular formula is C66H49N5. The maximum absolute atomic E-state index is 10.4. The summed E-state index contributed by atoms with van der Waals surface area (Å²) in [4.78, 5) is 14.4. The molecule has 0 bridgehead atoms. The normalized spacial score (nSPS) is 11.2. The van der Waals surface area contributed by atoms with Crippen LogP contribution in [0.15, 0.2) is 188 Å². The van der Waals surface area contributed by atoms with Gasteiger partial charge in [-0.25, -0.2) is 14.8 Å². The quantitative estimate of drug-likeness (QED) is 0.143. The molecule has 0 atom stereocenters. The third-order valence-corrected chi connectivity index (χ3v) is 13.7. The highest BCUT2D eigenvalue weighted by molar-refractivity contribution is 6.13. The van der Waals surface area contributed by atoms with Gasteiger partial charge in [0.25, 0.3) is 0 Å². The number of hydrogen-bond donors (Lipinski definition) is 0. The molecule has 2 heterocycles. The van der Waals surface area contributed by atoms with Gasteiger partial charge in [0.1, 0.15) is 0 Å². The fourth-order valence-electron chi connectivity index (χ4n) is 10.9. The summed E-state index contributed by atoms with van der Waals surface area (Å²) in [5.41, 5.74) is 24.2. The Kier molecular flexibility index (Phi) is 11.3. The van der Waals surface area contributed by atoms with E-state index in [0.717, 1.165) is 89.0 Å². The van der Waals surface area contributed by atoms with Crippen molar-refractivity contribution in [2.75, 3.05) is 0 Å². The van der Waals surface area contributed by atoms with Crippen LogP contribution in [-0.2, 0) is 0 Å². The summed E-state index contributed by atoms with van der Waals surface area (Å²) in [5.74, 6) is 0.614. The highest BCUT2D eigenvalue weighted by Gasteiger charge is 2.25. The fourth-order valence-corrected chi connectivity index (χ4v) is 10.9. The number of aryl methyl sites for hydroxylation is 6. The topological polar surface area (TPSA) is 58.9 Å². The zero-order valence-electron chi connectivity index (χ0n) is 40.6. The fraction of sp³-hybridized carbons (Fsp3) is 0.0909. The van der Waals surface area contributed by atoms with E-state index in [4.69, 9.17) is 16.5 Å². The third kappa shape index (κ3) is 8.14. The molecule has 0 radical (unpaired) electrons. The molecule has 0 fully saturated rings. The van der Waals surface area contributed by atoms with Crippen LogP contribution in [0.3, 0.4) is 0 Å². The van der Waals surface area contributed by atoms with E-state index in [-0.39, 0.29) is 0 Å². The monoisotopic (exact) mass is 911 g/mol. The summed E-state index contributed by atoms with van der Waals surface area (Å²) < 4.78 is 2.41. The molecule has 0 unspecified atom stereocenters. The van der Waals surface area contributed by atoms with Crippen LogP contribution >= 0.6 is 0 Å². The molecule has 11 rings (SSSR count). The van der Waals surface area contributed by atoms with Gasteiger partial charge in [-0.2, -0.15) is 5.26 Å². The van der Waals surface area contributed by atoms with Gasteiger partial charge in [-0.05, 0) is 158 Å². The second-order valence-corrected chi connectivity index (χ2v) is 18.8. The molecule has 0 spiro atoms. The van der Waals surface area contributed by atoms with Crippen molar-refractivity contribution in [1.82, 2.24) is 14.5 Å². The Hall–Kier alpha value is -9.16. The summed E-state index contributed by atoms with van der Waals surface area (Å²) >= 11 is 0. The van der Waals surface area contributed by atoms with E-state index in [1.54, 1.807) is 0 Å². The van der Waals surface area contributed by atoms with Crippen molar-refractivity contribution in [2.24, 2.45) is 0 Å². The van der Waals surface area contributed by atoms with E-state index in [2.05, 4.69) is 160 Å². The van der Waals surface area contributed by atoms with Crippen molar-refractivity contribution in [2.45, 2.75) is 41.5 Å². The Balaban J connectivity index is 1.28. The Bertz CT molecular complexity index is 3720. The van der Waals surface area contributed by atoms with E-state index in [0.29, 0.717) is 17.1 Å². The van der Waals surface area contributed by atoms with Crippen LogP contribution in [0.5, 0.6) is 0 Å². The van der Waals surface area contributed by atoms with Crippen LogP contribution in [0.4, 0.5) is 5.69 Å². The van der Waals surface area contributed by atoms with Gasteiger partial charge in [0.15, 0.2) is 11.5 Å². The van der Waals surface area contributed by atoms with Gasteiger partial charge >= 0.3 is 0 Å². The number of benzene rings is 9. The second-order valence-electron chi connectivity index (χ2n) is 18.8. The first-order valence-corrected chi connectivity index (χ1v) is 24.0. The Labute approximate surface area is 415 Å². The largest absolute Gasteiger partial charge is 0.308 e. The lowest BCUT2D eigenvalue weighted by Crippen LogP contribution is -2.03. The Morgan fingerprint density at radius 3 is 1.44 bits per heavy atom. The van der Waals surface area contributed by atoms with Crippen LogP contribution in [0.25, 0.3) is 111 Å². The van der Waals surface area contributed by atoms with Crippen LogP contribution < -0.4 is 0 Å². The molecule has 338 valence electrons. The van der Waals surface area contributed by atoms with Gasteiger partial charge in [0, 0.05) is 38.6 Å². The van der Waals surface area contributed by atoms with Crippen molar-refractivity contribution in [3.05, 3.63) is 238 Å². The number of rotatable bonds is 8. The highest BCUT2D eigenvalue weighted by atomic mass is 15.0. The lowest BCUT2D eigenvalue weighted by atomic mass is 9.90. The minimum atomic E-state index is 0.538. The van der Waals surface area contributed by atoms with Gasteiger partial charge in [-0.1, -0.05) is 139 Å². The van der Waals surface area contributed by atoms with Gasteiger partial charge < -0.3 is 4.57 Å². The molecule has 0 saturated carbocycles. The zero-order chi connectivity index (χ0) is 48.9. The molecule has 2 aromatic heterocycles. The highest BCUT2D eigenvalue weighted by Crippen LogP contribution is 2.47. The van der Waals surface area contributed by atoms with Gasteiger partial charge in [-0.15, -0.1) is 0 Å². The Morgan fingerprint density at radius 1 is 0.437 bits per heavy atom. The minimum Gasteiger partial charge on any atom is -0.308 e. The zero-order valence-corrected chi connectivity index (χ0v) is 40.6. The van der Waals surface area contributed by atoms with Crippen molar-refractivity contribution >= 4 is 27.5 Å². The number of nitrogens with zero attached hydrogens (tertiary/aromatic N) is 5. The smallest absolute Gasteiger partial charge is 0.187 e. The van der Waals surface area contributed by atoms with Crippen molar-refractivity contribution in [3.8, 4) is 90.2 Å². The van der Waals surface area contributed by atoms with Crippen molar-refractivity contribution in [3.63, 3.8) is 0 Å². The lowest BCUT2D eigenvalue weighted by molar-refractivity contribution is 1.17. The molecule has 0 aliphatic heterocycles. The van der Waals surface area contributed by atoms with E-state index in [9.17, 15) is 5.26 Å². The van der Waals surface area contributed by atoms with Crippen LogP contribution in [0.1, 0.15) is 38.9 Å². The first-order valence-electron chi connectivity index (χ1n) is 24.0. The summed E-state index contributed by atoms with van der Waals surface area (Å²) in [5, 5.41) is 12.6. The number of nitriles is 1. The Morgan fingerprint density at radius 2 is 0.915 bits per heavy atom. The van der Waals surface area contributed by atoms with Gasteiger partial charge in [0.2, 0.25) is 0 Å². The maximum Gasteiger partial charge on any atom is 0.187 e. The molecular weight excluding hydrogens is 863 g/mol. The molecule has 0 saturated heterocycles. The van der Waals surface area contributed by atoms with E-state index in [1.165, 1.54) is 44.5 Å². The van der Waals surface area contributed by atoms with Gasteiger partial charge in [-0.3, -0.25) is 0 Å². The van der Waals surface area contributed by atoms with E-state index < -0.39 is 0 Å². The van der Waals surface area contributed by atoms with Crippen LogP contribution in [0.2, 0.25) is 0 Å². The van der Waals surface area contributed by atoms with E-state index >= 15 is 0 Å². The average Bonchev–Trinajstić information content (AvgIpc) is 3.70. The third-order valence-electron chi connectivity index (χ3n) is 13.7. The molecule has 0 amide bonds. The average molecular weight is 912 g/mol. The summed E-state index contributed by atoms with van der Waals surface area (Å²) in [6.07, 6.45) is 0. The number of hydrogen-bond acceptors (Lipinski definition) is 3. The predicted octanol–water partition coefficient (Wildman–Crippen LogP) is 17.5. The van der Waals surface area contributed by atoms with Gasteiger partial charge in [0.05, 0.1) is 46.3 Å². The first kappa shape index (κ1) is 44.4. The molecule has 11 aromatic rings. The predicted molar refractivity (Wildman–Crippen MR) is 294 cm³/mol. The van der Waals surface area contributed by atoms with Crippen molar-refractivity contribution in [1.29, 1.82) is 5.26 Å². The number of aromatic nitrogens is 3. The molecule has 0 aliphatic carbocycles. The van der Waals surface area contributed by atoms with Crippen LogP contribution in [0, 0.1) is 59.4 Å². The minimum absolute atomic E-state index is 0.538. The van der Waals surface area contributed by atoms with E-state index in [1.807, 2.05) is 84.9 Å². The standard InChI is InChI=1S/C66H49N5/c1-40-28-42(3)63(43(4)29-40)51-24-26-61-57(34-51)58-35-52(64-44(5)30-41(2)31-45(64)6)25-27-62(58)71(61)65-55(49-21-14-16-46(32-49)39-67)36-53(37-56(65)50-22-15-23-54(33-50)68-7)60-38-59(47-17-10-8-11-18-47)69-66(70-60)48-19-12-9-13-20-48/h8-38H,1-6H3. The maximum atomic E-state index is 10.4. The summed E-state index contributed by atoms with van der Waals surface area (Å²) in [6.45, 7) is 21.3. The van der Waals surface area contributed by atoms with Crippen LogP contribution in [-0.4, -0.2) is 14.5 Å². The molecule has 0 aliphatic rings. The number of fused-ring (bicyclic) bond motifs is 3. The molecule has 5 heteroatoms. The molecule has 9 aromatic carbocycles. The molecule has 71 heavy (non-hydrogen) atoms. The van der Waals surface area contributed by atoms with Crippen molar-refractivity contribution < 1.29 is 0 Å². The molecule has 5 nitrogen and oxygen atoms in total. The SMILES string of the molecule is [C-]#[N+]c1cccc(-c2cc(-c3cc(-c4ccccc4)nc(-c4ccccc4)n3)cc(-c3cccc(C#N)c3)c2-n2c3ccc(-c4c(C)cc(C)cc4C)cc3c3cc(-c4c(C)cc(C)cc4C)ccc32)c1. The second kappa shape index (κ2) is 18.1. The summed E-state index contributed by atoms with van der Waals surface area (Å²) in [6, 6.07) is 67.9. The lowest BCUT2D eigenvalue weighted by Gasteiger charge is -2.22. The summed E-state index contributed by atoms with van der Waals surface area (Å²) in [7, 11) is 0. The first-order chi connectivity index (χ1) is 34.5. The molecule has 0 N–H and O–H groups in total.